The minimum atomic E-state index is -0.288. The van der Waals surface area contributed by atoms with Gasteiger partial charge in [0.25, 0.3) is 11.8 Å². The van der Waals surface area contributed by atoms with Crippen molar-refractivity contribution in [1.29, 1.82) is 0 Å². The Balaban J connectivity index is 1.68. The van der Waals surface area contributed by atoms with Crippen molar-refractivity contribution in [3.63, 3.8) is 0 Å². The van der Waals surface area contributed by atoms with Crippen molar-refractivity contribution >= 4 is 29.1 Å². The number of anilines is 1. The molecule has 0 saturated heterocycles. The molecule has 0 saturated carbocycles. The van der Waals surface area contributed by atoms with Crippen LogP contribution in [-0.4, -0.2) is 39.9 Å². The fourth-order valence-corrected chi connectivity index (χ4v) is 2.94. The van der Waals surface area contributed by atoms with Crippen LogP contribution in [0.4, 0.5) is 5.69 Å². The van der Waals surface area contributed by atoms with Crippen molar-refractivity contribution in [2.45, 2.75) is 20.8 Å². The molecule has 0 aliphatic rings. The Labute approximate surface area is 173 Å². The predicted octanol–water partition coefficient (Wildman–Crippen LogP) is 4.11. The van der Waals surface area contributed by atoms with Crippen LogP contribution in [0.1, 0.15) is 28.7 Å². The predicted molar refractivity (Wildman–Crippen MR) is 111 cm³/mol. The molecule has 7 nitrogen and oxygen atoms in total. The number of amides is 2. The molecule has 2 amide bonds. The maximum absolute atomic E-state index is 12.8. The molecule has 2 aromatic carbocycles. The highest BCUT2D eigenvalue weighted by atomic mass is 35.5. The van der Waals surface area contributed by atoms with E-state index in [1.807, 2.05) is 19.9 Å². The van der Waals surface area contributed by atoms with Crippen molar-refractivity contribution in [3.8, 4) is 11.5 Å². The van der Waals surface area contributed by atoms with Gasteiger partial charge in [-0.1, -0.05) is 22.8 Å². The number of carbonyl (C=O) groups is 2. The van der Waals surface area contributed by atoms with E-state index in [2.05, 4.69) is 15.5 Å². The van der Waals surface area contributed by atoms with Crippen LogP contribution in [0.5, 0.6) is 0 Å². The second-order valence-corrected chi connectivity index (χ2v) is 6.99. The number of hydrogen-bond acceptors (Lipinski definition) is 5. The summed E-state index contributed by atoms with van der Waals surface area (Å²) in [5.74, 6) is 0.408. The zero-order valence-electron chi connectivity index (χ0n) is 16.4. The molecule has 0 aliphatic carbocycles. The summed E-state index contributed by atoms with van der Waals surface area (Å²) in [5.41, 5.74) is 2.71. The average molecular weight is 413 g/mol. The maximum atomic E-state index is 12.8. The van der Waals surface area contributed by atoms with Crippen LogP contribution in [0, 0.1) is 13.8 Å². The number of hydrogen-bond donors (Lipinski definition) is 1. The van der Waals surface area contributed by atoms with Crippen LogP contribution in [-0.2, 0) is 4.79 Å². The molecule has 0 atom stereocenters. The van der Waals surface area contributed by atoms with E-state index >= 15 is 0 Å². The summed E-state index contributed by atoms with van der Waals surface area (Å²) < 4.78 is 5.13. The van der Waals surface area contributed by atoms with E-state index in [9.17, 15) is 9.59 Å². The third-order valence-electron chi connectivity index (χ3n) is 4.38. The van der Waals surface area contributed by atoms with Gasteiger partial charge >= 0.3 is 0 Å². The summed E-state index contributed by atoms with van der Waals surface area (Å²) in [4.78, 5) is 30.9. The van der Waals surface area contributed by atoms with Gasteiger partial charge < -0.3 is 14.7 Å². The Morgan fingerprint density at radius 2 is 1.86 bits per heavy atom. The van der Waals surface area contributed by atoms with E-state index < -0.39 is 0 Å². The number of halogens is 1. The van der Waals surface area contributed by atoms with Crippen molar-refractivity contribution < 1.29 is 14.1 Å². The molecule has 0 fully saturated rings. The van der Waals surface area contributed by atoms with Crippen molar-refractivity contribution in [3.05, 3.63) is 64.4 Å². The lowest BCUT2D eigenvalue weighted by Crippen LogP contribution is -2.37. The zero-order chi connectivity index (χ0) is 21.0. The third kappa shape index (κ3) is 5.00. The molecule has 0 aliphatic heterocycles. The summed E-state index contributed by atoms with van der Waals surface area (Å²) in [6, 6.07) is 12.1. The number of likely N-dealkylation sites (N-methyl/N-ethyl adjacent to an activating group) is 1. The van der Waals surface area contributed by atoms with Gasteiger partial charge in [-0.15, -0.1) is 0 Å². The van der Waals surface area contributed by atoms with Crippen LogP contribution in [0.25, 0.3) is 11.5 Å². The van der Waals surface area contributed by atoms with Gasteiger partial charge in [0.15, 0.2) is 5.82 Å². The lowest BCUT2D eigenvalue weighted by atomic mass is 10.1. The number of aromatic nitrogens is 2. The molecular weight excluding hydrogens is 392 g/mol. The van der Waals surface area contributed by atoms with Gasteiger partial charge in [0.05, 0.1) is 0 Å². The monoisotopic (exact) mass is 412 g/mol. The number of nitrogens with zero attached hydrogens (tertiary/aromatic N) is 3. The topological polar surface area (TPSA) is 88.3 Å². The Morgan fingerprint density at radius 3 is 2.48 bits per heavy atom. The summed E-state index contributed by atoms with van der Waals surface area (Å²) >= 11 is 5.99. The van der Waals surface area contributed by atoms with Crippen LogP contribution in [0.2, 0.25) is 5.02 Å². The third-order valence-corrected chi connectivity index (χ3v) is 4.62. The summed E-state index contributed by atoms with van der Waals surface area (Å²) in [6.45, 7) is 5.77. The van der Waals surface area contributed by atoms with E-state index in [-0.39, 0.29) is 18.4 Å². The molecular formula is C21H21ClN4O3. The van der Waals surface area contributed by atoms with Crippen molar-refractivity contribution in [2.24, 2.45) is 0 Å². The standard InChI is InChI=1S/C21H21ClN4O3/c1-4-26(12-19(27)24-18-11-17(22)10-5-13(18)2)21(28)16-8-6-15(7-9-16)20-23-14(3)25-29-20/h5-11H,4,12H2,1-3H3,(H,24,27). The Kier molecular flexibility index (Phi) is 6.29. The minimum absolute atomic E-state index is 0.0636. The van der Waals surface area contributed by atoms with Gasteiger partial charge in [-0.25, -0.2) is 0 Å². The SMILES string of the molecule is CCN(CC(=O)Nc1cc(Cl)ccc1C)C(=O)c1ccc(-c2nc(C)no2)cc1. The number of nitrogens with one attached hydrogen (secondary N) is 1. The van der Waals surface area contributed by atoms with Gasteiger partial charge in [-0.3, -0.25) is 9.59 Å². The van der Waals surface area contributed by atoms with E-state index in [0.717, 1.165) is 11.1 Å². The van der Waals surface area contributed by atoms with E-state index in [1.54, 1.807) is 43.3 Å². The first-order valence-electron chi connectivity index (χ1n) is 9.13. The number of aryl methyl sites for hydroxylation is 2. The minimum Gasteiger partial charge on any atom is -0.334 e. The molecule has 1 heterocycles. The number of carbonyl (C=O) groups excluding carboxylic acids is 2. The molecule has 0 unspecified atom stereocenters. The summed E-state index contributed by atoms with van der Waals surface area (Å²) in [7, 11) is 0. The van der Waals surface area contributed by atoms with E-state index in [1.165, 1.54) is 4.90 Å². The molecule has 29 heavy (non-hydrogen) atoms. The van der Waals surface area contributed by atoms with Gasteiger partial charge in [0.1, 0.15) is 6.54 Å². The normalized spacial score (nSPS) is 10.6. The first-order valence-corrected chi connectivity index (χ1v) is 9.51. The molecule has 0 radical (unpaired) electrons. The highest BCUT2D eigenvalue weighted by Gasteiger charge is 2.18. The Hall–Kier alpha value is -3.19. The van der Waals surface area contributed by atoms with Crippen molar-refractivity contribution in [1.82, 2.24) is 15.0 Å². The summed E-state index contributed by atoms with van der Waals surface area (Å²) in [6.07, 6.45) is 0. The largest absolute Gasteiger partial charge is 0.334 e. The van der Waals surface area contributed by atoms with Crippen LogP contribution >= 0.6 is 11.6 Å². The van der Waals surface area contributed by atoms with Crippen LogP contribution in [0.3, 0.4) is 0 Å². The van der Waals surface area contributed by atoms with Gasteiger partial charge in [0, 0.05) is 28.4 Å². The highest BCUT2D eigenvalue weighted by Crippen LogP contribution is 2.21. The van der Waals surface area contributed by atoms with Crippen LogP contribution in [0.15, 0.2) is 47.0 Å². The fourth-order valence-electron chi connectivity index (χ4n) is 2.77. The quantitative estimate of drug-likeness (QED) is 0.658. The molecule has 1 aromatic heterocycles. The first-order chi connectivity index (χ1) is 13.9. The molecule has 8 heteroatoms. The molecule has 0 spiro atoms. The first kappa shape index (κ1) is 20.5. The Bertz CT molecular complexity index is 1030. The lowest BCUT2D eigenvalue weighted by molar-refractivity contribution is -0.116. The fraction of sp³-hybridized carbons (Fsp3) is 0.238. The van der Waals surface area contributed by atoms with E-state index in [4.69, 9.17) is 16.1 Å². The highest BCUT2D eigenvalue weighted by molar-refractivity contribution is 6.31. The second kappa shape index (κ2) is 8.87. The van der Waals surface area contributed by atoms with Gasteiger partial charge in [-0.05, 0) is 62.7 Å². The molecule has 3 aromatic rings. The lowest BCUT2D eigenvalue weighted by Gasteiger charge is -2.21. The number of benzene rings is 2. The van der Waals surface area contributed by atoms with Crippen molar-refractivity contribution in [2.75, 3.05) is 18.4 Å². The molecule has 0 bridgehead atoms. The average Bonchev–Trinajstić information content (AvgIpc) is 3.15. The molecule has 1 N–H and O–H groups in total. The molecule has 150 valence electrons. The second-order valence-electron chi connectivity index (χ2n) is 6.55. The van der Waals surface area contributed by atoms with E-state index in [0.29, 0.717) is 34.5 Å². The van der Waals surface area contributed by atoms with Gasteiger partial charge in [-0.2, -0.15) is 4.98 Å². The summed E-state index contributed by atoms with van der Waals surface area (Å²) in [5, 5.41) is 7.10. The smallest absolute Gasteiger partial charge is 0.257 e. The maximum Gasteiger partial charge on any atom is 0.257 e. The van der Waals surface area contributed by atoms with Gasteiger partial charge in [0.2, 0.25) is 5.91 Å². The Morgan fingerprint density at radius 1 is 1.14 bits per heavy atom. The zero-order valence-corrected chi connectivity index (χ0v) is 17.2. The van der Waals surface area contributed by atoms with Crippen LogP contribution < -0.4 is 5.32 Å². The number of rotatable bonds is 6. The molecule has 3 rings (SSSR count).